The van der Waals surface area contributed by atoms with Crippen molar-refractivity contribution in [3.05, 3.63) is 33.9 Å². The molecule has 6 nitrogen and oxygen atoms in total. The number of nitrogens with zero attached hydrogens (tertiary/aromatic N) is 1. The molecule has 16 heavy (non-hydrogen) atoms. The van der Waals surface area contributed by atoms with Crippen molar-refractivity contribution in [1.29, 1.82) is 0 Å². The van der Waals surface area contributed by atoms with E-state index in [1.807, 2.05) is 0 Å². The highest BCUT2D eigenvalue weighted by Crippen LogP contribution is 2.24. The van der Waals surface area contributed by atoms with Crippen LogP contribution in [0.25, 0.3) is 0 Å². The van der Waals surface area contributed by atoms with E-state index in [4.69, 9.17) is 10.4 Å². The Balaban J connectivity index is 0.00000128. The molecule has 8 heteroatoms. The van der Waals surface area contributed by atoms with E-state index in [-0.39, 0.29) is 19.0 Å². The first kappa shape index (κ1) is 12.8. The van der Waals surface area contributed by atoms with E-state index >= 15 is 0 Å². The lowest BCUT2D eigenvalue weighted by Gasteiger charge is -2.06. The smallest absolute Gasteiger partial charge is 0.423 e. The highest BCUT2D eigenvalue weighted by atomic mass is 35.5. The molecular weight excluding hydrogens is 234 g/mol. The summed E-state index contributed by atoms with van der Waals surface area (Å²) in [7, 11) is -1.12. The molecule has 2 rings (SSSR count). The van der Waals surface area contributed by atoms with Crippen LogP contribution in [-0.4, -0.2) is 23.6 Å². The molecule has 0 saturated carbocycles. The predicted octanol–water partition coefficient (Wildman–Crippen LogP) is -0.274. The summed E-state index contributed by atoms with van der Waals surface area (Å²) in [4.78, 5) is 9.89. The maximum atomic E-state index is 10.4. The van der Waals surface area contributed by atoms with Gasteiger partial charge in [0, 0.05) is 10.6 Å². The third-order valence-corrected chi connectivity index (χ3v) is 2.33. The van der Waals surface area contributed by atoms with Crippen LogP contribution in [0.3, 0.4) is 0 Å². The number of hydrogen-bond donors (Lipinski definition) is 2. The van der Waals surface area contributed by atoms with Crippen LogP contribution in [0.5, 0.6) is 0 Å². The molecule has 0 radical (unpaired) electrons. The van der Waals surface area contributed by atoms with Crippen LogP contribution < -0.4 is 11.2 Å². The Morgan fingerprint density at radius 2 is 2.31 bits per heavy atom. The number of anilines is 1. The summed E-state index contributed by atoms with van der Waals surface area (Å²) >= 11 is 0. The van der Waals surface area contributed by atoms with Gasteiger partial charge in [-0.1, -0.05) is 6.07 Å². The van der Waals surface area contributed by atoms with Crippen LogP contribution in [0, 0.1) is 10.1 Å². The van der Waals surface area contributed by atoms with Crippen LogP contribution in [0.1, 0.15) is 11.7 Å². The van der Waals surface area contributed by atoms with E-state index < -0.39 is 18.1 Å². The highest BCUT2D eigenvalue weighted by molar-refractivity contribution is 6.61. The molecular formula is C8H10BClN2O4. The zero-order valence-electron chi connectivity index (χ0n) is 8.20. The molecule has 1 aliphatic heterocycles. The van der Waals surface area contributed by atoms with E-state index in [1.54, 1.807) is 18.2 Å². The Morgan fingerprint density at radius 3 is 2.94 bits per heavy atom. The van der Waals surface area contributed by atoms with E-state index in [9.17, 15) is 15.1 Å². The summed E-state index contributed by atoms with van der Waals surface area (Å²) in [5, 5.41) is 19.8. The number of nitrogen functional groups attached to an aromatic ring is 1. The van der Waals surface area contributed by atoms with Crippen molar-refractivity contribution in [2.24, 2.45) is 0 Å². The molecule has 1 atom stereocenters. The van der Waals surface area contributed by atoms with Crippen LogP contribution in [-0.2, 0) is 4.65 Å². The molecule has 1 aliphatic rings. The highest BCUT2D eigenvalue weighted by Gasteiger charge is 2.37. The average Bonchev–Trinajstić information content (AvgIpc) is 2.42. The Bertz CT molecular complexity index is 417. The molecule has 0 spiro atoms. The summed E-state index contributed by atoms with van der Waals surface area (Å²) in [5.41, 5.74) is 7.19. The maximum Gasteiger partial charge on any atom is 0.492 e. The van der Waals surface area contributed by atoms with E-state index in [1.165, 1.54) is 0 Å². The van der Waals surface area contributed by atoms with Gasteiger partial charge in [-0.05, 0) is 23.2 Å². The van der Waals surface area contributed by atoms with Crippen molar-refractivity contribution in [3.63, 3.8) is 0 Å². The molecule has 1 aromatic carbocycles. The van der Waals surface area contributed by atoms with Crippen molar-refractivity contribution >= 4 is 30.7 Å². The topological polar surface area (TPSA) is 98.6 Å². The fourth-order valence-corrected chi connectivity index (χ4v) is 1.68. The monoisotopic (exact) mass is 244 g/mol. The van der Waals surface area contributed by atoms with Gasteiger partial charge in [-0.15, -0.1) is 12.4 Å². The minimum atomic E-state index is -1.12. The van der Waals surface area contributed by atoms with Gasteiger partial charge >= 0.3 is 7.12 Å². The second-order valence-electron chi connectivity index (χ2n) is 3.38. The zero-order valence-corrected chi connectivity index (χ0v) is 9.02. The standard InChI is InChI=1S/C8H9BN2O4.ClH/c10-5-1-2-6-7(3-5)9(12)15-8(6)4-11(13)14;/h1-3,8,12H,4,10H2;1H. The lowest BCUT2D eigenvalue weighted by molar-refractivity contribution is -0.490. The number of halogens is 1. The summed E-state index contributed by atoms with van der Waals surface area (Å²) in [5.74, 6) is 0. The van der Waals surface area contributed by atoms with Gasteiger partial charge < -0.3 is 15.4 Å². The molecule has 0 bridgehead atoms. The fourth-order valence-electron chi connectivity index (χ4n) is 1.68. The van der Waals surface area contributed by atoms with Gasteiger partial charge in [-0.3, -0.25) is 10.1 Å². The normalized spacial score (nSPS) is 17.8. The van der Waals surface area contributed by atoms with E-state index in [2.05, 4.69) is 0 Å². The molecule has 0 saturated heterocycles. The van der Waals surface area contributed by atoms with Crippen molar-refractivity contribution < 1.29 is 14.6 Å². The summed E-state index contributed by atoms with van der Waals surface area (Å²) in [6.07, 6.45) is -0.689. The Hall–Kier alpha value is -1.31. The van der Waals surface area contributed by atoms with Gasteiger partial charge in [0.05, 0.1) is 0 Å². The quantitative estimate of drug-likeness (QED) is 0.323. The largest absolute Gasteiger partial charge is 0.492 e. The Labute approximate surface area is 98.1 Å². The molecule has 3 N–H and O–H groups in total. The van der Waals surface area contributed by atoms with Gasteiger partial charge in [0.15, 0.2) is 0 Å². The average molecular weight is 244 g/mol. The SMILES string of the molecule is Cl.Nc1ccc2c(c1)B(O)OC2C[N+](=O)[O-]. The molecule has 1 aromatic rings. The minimum absolute atomic E-state index is 0. The van der Waals surface area contributed by atoms with Crippen molar-refractivity contribution in [3.8, 4) is 0 Å². The van der Waals surface area contributed by atoms with Crippen molar-refractivity contribution in [2.75, 3.05) is 12.3 Å². The lowest BCUT2D eigenvalue weighted by atomic mass is 9.79. The summed E-state index contributed by atoms with van der Waals surface area (Å²) in [6, 6.07) is 4.85. The first-order chi connectivity index (χ1) is 7.08. The van der Waals surface area contributed by atoms with Crippen LogP contribution >= 0.6 is 12.4 Å². The Kier molecular flexibility index (Phi) is 3.74. The third-order valence-electron chi connectivity index (χ3n) is 2.33. The maximum absolute atomic E-state index is 10.4. The molecule has 0 aromatic heterocycles. The molecule has 0 fully saturated rings. The molecule has 0 amide bonds. The van der Waals surface area contributed by atoms with Crippen molar-refractivity contribution in [1.82, 2.24) is 0 Å². The number of rotatable bonds is 2. The van der Waals surface area contributed by atoms with Gasteiger partial charge in [0.2, 0.25) is 6.54 Å². The Morgan fingerprint density at radius 1 is 1.62 bits per heavy atom. The number of nitro groups is 1. The second kappa shape index (κ2) is 4.69. The van der Waals surface area contributed by atoms with E-state index in [0.29, 0.717) is 16.7 Å². The first-order valence-electron chi connectivity index (χ1n) is 4.42. The van der Waals surface area contributed by atoms with Gasteiger partial charge in [0.1, 0.15) is 6.10 Å². The first-order valence-corrected chi connectivity index (χ1v) is 4.42. The third kappa shape index (κ3) is 2.26. The van der Waals surface area contributed by atoms with Crippen LogP contribution in [0.2, 0.25) is 0 Å². The van der Waals surface area contributed by atoms with Crippen molar-refractivity contribution in [2.45, 2.75) is 6.10 Å². The number of benzene rings is 1. The van der Waals surface area contributed by atoms with Crippen LogP contribution in [0.15, 0.2) is 18.2 Å². The molecule has 1 heterocycles. The second-order valence-corrected chi connectivity index (χ2v) is 3.38. The van der Waals surface area contributed by atoms with Crippen LogP contribution in [0.4, 0.5) is 5.69 Å². The molecule has 86 valence electrons. The van der Waals surface area contributed by atoms with Gasteiger partial charge in [-0.2, -0.15) is 0 Å². The number of nitrogens with two attached hydrogens (primary N) is 1. The van der Waals surface area contributed by atoms with Gasteiger partial charge in [0.25, 0.3) is 0 Å². The van der Waals surface area contributed by atoms with E-state index in [0.717, 1.165) is 0 Å². The zero-order chi connectivity index (χ0) is 11.0. The van der Waals surface area contributed by atoms with Gasteiger partial charge in [-0.25, -0.2) is 0 Å². The molecule has 1 unspecified atom stereocenters. The lowest BCUT2D eigenvalue weighted by Crippen LogP contribution is -2.28. The molecule has 0 aliphatic carbocycles. The fraction of sp³-hybridized carbons (Fsp3) is 0.250. The predicted molar refractivity (Wildman–Crippen MR) is 61.4 cm³/mol. The number of hydrogen-bond acceptors (Lipinski definition) is 5. The summed E-state index contributed by atoms with van der Waals surface area (Å²) in [6.45, 7) is -0.353. The number of fused-ring (bicyclic) bond motifs is 1. The minimum Gasteiger partial charge on any atom is -0.423 e. The summed E-state index contributed by atoms with van der Waals surface area (Å²) < 4.78 is 5.06.